The summed E-state index contributed by atoms with van der Waals surface area (Å²) < 4.78 is 41.1. The SMILES string of the molecule is N#Cc1cc(C(=O)N/N=C/c2cccc3c2ccn3Cc2cc(C(F)(F)F)ccc2[N+](=O)[O-])ccc1O. The Kier molecular flexibility index (Phi) is 6.62. The molecule has 1 heterocycles. The van der Waals surface area contributed by atoms with E-state index in [1.807, 2.05) is 0 Å². The van der Waals surface area contributed by atoms with Gasteiger partial charge in [0, 0.05) is 34.3 Å². The predicted octanol–water partition coefficient (Wildman–Crippen LogP) is 4.96. The Bertz CT molecular complexity index is 1600. The van der Waals surface area contributed by atoms with Gasteiger partial charge in [-0.25, -0.2) is 5.43 Å². The lowest BCUT2D eigenvalue weighted by molar-refractivity contribution is -0.385. The smallest absolute Gasteiger partial charge is 0.416 e. The number of hydrogen-bond acceptors (Lipinski definition) is 6. The fourth-order valence-corrected chi connectivity index (χ4v) is 3.74. The van der Waals surface area contributed by atoms with E-state index in [2.05, 4.69) is 10.5 Å². The van der Waals surface area contributed by atoms with E-state index in [4.69, 9.17) is 5.26 Å². The molecule has 0 aliphatic rings. The Morgan fingerprint density at radius 2 is 1.97 bits per heavy atom. The average Bonchev–Trinajstić information content (AvgIpc) is 3.27. The van der Waals surface area contributed by atoms with Crippen LogP contribution in [0.3, 0.4) is 0 Å². The molecule has 0 saturated heterocycles. The number of nitro benzene ring substituents is 1. The number of nitrogens with one attached hydrogen (secondary N) is 1. The summed E-state index contributed by atoms with van der Waals surface area (Å²) in [6.45, 7) is -0.177. The van der Waals surface area contributed by atoms with E-state index < -0.39 is 28.3 Å². The summed E-state index contributed by atoms with van der Waals surface area (Å²) in [5, 5.41) is 34.5. The first-order valence-corrected chi connectivity index (χ1v) is 10.6. The quantitative estimate of drug-likeness (QED) is 0.216. The third-order valence-electron chi connectivity index (χ3n) is 5.54. The van der Waals surface area contributed by atoms with Crippen molar-refractivity contribution in [1.29, 1.82) is 5.26 Å². The number of halogens is 3. The highest BCUT2D eigenvalue weighted by Gasteiger charge is 2.32. The number of benzene rings is 3. The molecule has 0 aliphatic carbocycles. The van der Waals surface area contributed by atoms with Gasteiger partial charge < -0.3 is 9.67 Å². The molecule has 3 aromatic carbocycles. The van der Waals surface area contributed by atoms with Gasteiger partial charge >= 0.3 is 6.18 Å². The number of amides is 1. The first kappa shape index (κ1) is 24.9. The van der Waals surface area contributed by atoms with Crippen molar-refractivity contribution in [3.8, 4) is 11.8 Å². The largest absolute Gasteiger partial charge is 0.507 e. The van der Waals surface area contributed by atoms with E-state index in [1.165, 1.54) is 24.4 Å². The van der Waals surface area contributed by atoms with Crippen LogP contribution in [-0.2, 0) is 12.7 Å². The van der Waals surface area contributed by atoms with Gasteiger partial charge in [-0.2, -0.15) is 23.5 Å². The van der Waals surface area contributed by atoms with E-state index >= 15 is 0 Å². The number of aromatic hydroxyl groups is 1. The molecule has 9 nitrogen and oxygen atoms in total. The molecule has 1 aromatic heterocycles. The van der Waals surface area contributed by atoms with Crippen LogP contribution >= 0.6 is 0 Å². The highest BCUT2D eigenvalue weighted by Crippen LogP contribution is 2.33. The zero-order chi connectivity index (χ0) is 26.7. The first-order valence-electron chi connectivity index (χ1n) is 10.6. The first-order chi connectivity index (χ1) is 17.6. The minimum Gasteiger partial charge on any atom is -0.507 e. The Morgan fingerprint density at radius 3 is 2.68 bits per heavy atom. The molecule has 0 spiro atoms. The molecule has 2 N–H and O–H groups in total. The van der Waals surface area contributed by atoms with E-state index in [9.17, 15) is 33.2 Å². The predicted molar refractivity (Wildman–Crippen MR) is 127 cm³/mol. The molecule has 37 heavy (non-hydrogen) atoms. The van der Waals surface area contributed by atoms with Crippen LogP contribution in [0.25, 0.3) is 10.9 Å². The van der Waals surface area contributed by atoms with Crippen LogP contribution in [0.15, 0.2) is 72.0 Å². The van der Waals surface area contributed by atoms with Crippen molar-refractivity contribution in [2.45, 2.75) is 12.7 Å². The van der Waals surface area contributed by atoms with Crippen molar-refractivity contribution in [3.05, 3.63) is 105 Å². The number of phenols is 1. The number of fused-ring (bicyclic) bond motifs is 1. The number of carbonyl (C=O) groups is 1. The highest BCUT2D eigenvalue weighted by atomic mass is 19.4. The summed E-state index contributed by atoms with van der Waals surface area (Å²) >= 11 is 0. The van der Waals surface area contributed by atoms with Crippen LogP contribution in [0, 0.1) is 21.4 Å². The summed E-state index contributed by atoms with van der Waals surface area (Å²) in [6, 6.07) is 14.6. The van der Waals surface area contributed by atoms with Gasteiger partial charge in [-0.1, -0.05) is 12.1 Å². The Hall–Kier alpha value is -5.18. The molecule has 0 fully saturated rings. The molecule has 0 aliphatic heterocycles. The number of nitro groups is 1. The van der Waals surface area contributed by atoms with Gasteiger partial charge in [-0.05, 0) is 42.5 Å². The van der Waals surface area contributed by atoms with Crippen LogP contribution in [0.4, 0.5) is 18.9 Å². The summed E-state index contributed by atoms with van der Waals surface area (Å²) in [7, 11) is 0. The molecule has 0 radical (unpaired) electrons. The maximum Gasteiger partial charge on any atom is 0.416 e. The lowest BCUT2D eigenvalue weighted by Gasteiger charge is -2.11. The molecule has 186 valence electrons. The van der Waals surface area contributed by atoms with E-state index in [0.717, 1.165) is 12.1 Å². The Morgan fingerprint density at radius 1 is 1.19 bits per heavy atom. The van der Waals surface area contributed by atoms with Crippen molar-refractivity contribution in [1.82, 2.24) is 9.99 Å². The standard InChI is InChI=1S/C25H16F3N5O4/c26-25(27,28)19-5-6-21(33(36)37)18(11-19)14-32-9-8-20-16(2-1-3-22(20)32)13-30-31-24(35)15-4-7-23(34)17(10-15)12-29/h1-11,13,34H,14H2,(H,31,35)/b30-13+. The summed E-state index contributed by atoms with van der Waals surface area (Å²) in [4.78, 5) is 23.0. The van der Waals surface area contributed by atoms with Crippen molar-refractivity contribution in [2.24, 2.45) is 5.10 Å². The molecule has 0 bridgehead atoms. The lowest BCUT2D eigenvalue weighted by atomic mass is 10.1. The van der Waals surface area contributed by atoms with Crippen LogP contribution in [0.5, 0.6) is 5.75 Å². The maximum absolute atomic E-state index is 13.2. The van der Waals surface area contributed by atoms with Crippen molar-refractivity contribution < 1.29 is 28.0 Å². The molecule has 4 aromatic rings. The van der Waals surface area contributed by atoms with Gasteiger partial charge in [0.15, 0.2) is 0 Å². The van der Waals surface area contributed by atoms with Gasteiger partial charge in [0.25, 0.3) is 11.6 Å². The maximum atomic E-state index is 13.2. The molecule has 0 saturated carbocycles. The fraction of sp³-hybridized carbons (Fsp3) is 0.0800. The second-order valence-electron chi connectivity index (χ2n) is 7.86. The number of nitriles is 1. The fourth-order valence-electron chi connectivity index (χ4n) is 3.74. The second-order valence-corrected chi connectivity index (χ2v) is 7.86. The van der Waals surface area contributed by atoms with Gasteiger partial charge in [0.1, 0.15) is 11.8 Å². The van der Waals surface area contributed by atoms with Crippen LogP contribution in [0.2, 0.25) is 0 Å². The number of aromatic nitrogens is 1. The molecule has 12 heteroatoms. The zero-order valence-corrected chi connectivity index (χ0v) is 18.7. The van der Waals surface area contributed by atoms with Crippen LogP contribution in [0.1, 0.15) is 32.6 Å². The van der Waals surface area contributed by atoms with Crippen molar-refractivity contribution in [2.75, 3.05) is 0 Å². The van der Waals surface area contributed by atoms with Crippen molar-refractivity contribution in [3.63, 3.8) is 0 Å². The highest BCUT2D eigenvalue weighted by molar-refractivity contribution is 6.00. The number of phenolic OH excluding ortho intramolecular Hbond substituents is 1. The van der Waals surface area contributed by atoms with Gasteiger partial charge in [0.05, 0.1) is 34.4 Å². The minimum atomic E-state index is -4.65. The van der Waals surface area contributed by atoms with E-state index in [-0.39, 0.29) is 29.0 Å². The summed E-state index contributed by atoms with van der Waals surface area (Å²) in [5.41, 5.74) is 2.00. The zero-order valence-electron chi connectivity index (χ0n) is 18.7. The van der Waals surface area contributed by atoms with Crippen LogP contribution in [-0.4, -0.2) is 26.7 Å². The number of hydrogen-bond donors (Lipinski definition) is 2. The number of nitrogens with zero attached hydrogens (tertiary/aromatic N) is 4. The normalized spacial score (nSPS) is 11.5. The topological polar surface area (TPSA) is 134 Å². The monoisotopic (exact) mass is 507 g/mol. The average molecular weight is 507 g/mol. The van der Waals surface area contributed by atoms with Gasteiger partial charge in [0.2, 0.25) is 0 Å². The molecular formula is C25H16F3N5O4. The Labute approximate surface area is 206 Å². The minimum absolute atomic E-state index is 0.0660. The molecule has 4 rings (SSSR count). The third kappa shape index (κ3) is 5.25. The molecule has 0 unspecified atom stereocenters. The summed E-state index contributed by atoms with van der Waals surface area (Å²) in [5.74, 6) is -0.872. The van der Waals surface area contributed by atoms with Gasteiger partial charge in [-0.3, -0.25) is 14.9 Å². The van der Waals surface area contributed by atoms with E-state index in [1.54, 1.807) is 41.1 Å². The second kappa shape index (κ2) is 9.82. The summed E-state index contributed by atoms with van der Waals surface area (Å²) in [6.07, 6.45) is -1.69. The lowest BCUT2D eigenvalue weighted by Crippen LogP contribution is -2.17. The van der Waals surface area contributed by atoms with Crippen molar-refractivity contribution >= 4 is 28.7 Å². The van der Waals surface area contributed by atoms with Gasteiger partial charge in [-0.15, -0.1) is 0 Å². The number of alkyl halides is 3. The Balaban J connectivity index is 1.59. The molecule has 0 atom stereocenters. The van der Waals surface area contributed by atoms with E-state index in [0.29, 0.717) is 22.5 Å². The number of carbonyl (C=O) groups excluding carboxylic acids is 1. The molecule has 1 amide bonds. The number of hydrazone groups is 1. The van der Waals surface area contributed by atoms with Crippen LogP contribution < -0.4 is 5.43 Å². The molecular weight excluding hydrogens is 491 g/mol. The number of rotatable bonds is 6. The third-order valence-corrected chi connectivity index (χ3v) is 5.54.